The van der Waals surface area contributed by atoms with E-state index in [-0.39, 0.29) is 11.3 Å². The third-order valence-corrected chi connectivity index (χ3v) is 7.23. The van der Waals surface area contributed by atoms with Crippen LogP contribution in [0.2, 0.25) is 0 Å². The fourth-order valence-corrected chi connectivity index (χ4v) is 5.10. The maximum atomic E-state index is 13.4. The fourth-order valence-electron chi connectivity index (χ4n) is 5.10. The molecule has 0 bridgehead atoms. The van der Waals surface area contributed by atoms with Gasteiger partial charge < -0.3 is 24.2 Å². The Morgan fingerprint density at radius 1 is 1.00 bits per heavy atom. The highest BCUT2D eigenvalue weighted by molar-refractivity contribution is 6.46. The molecule has 2 heterocycles. The molecule has 0 saturated carbocycles. The summed E-state index contributed by atoms with van der Waals surface area (Å²) >= 11 is 0. The van der Waals surface area contributed by atoms with Gasteiger partial charge in [-0.1, -0.05) is 25.5 Å². The van der Waals surface area contributed by atoms with Crippen molar-refractivity contribution < 1.29 is 28.9 Å². The summed E-state index contributed by atoms with van der Waals surface area (Å²) in [6.07, 6.45) is 2.72. The van der Waals surface area contributed by atoms with Gasteiger partial charge in [-0.25, -0.2) is 0 Å². The molecule has 2 saturated heterocycles. The zero-order valence-corrected chi connectivity index (χ0v) is 23.3. The molecule has 8 heteroatoms. The first-order valence-corrected chi connectivity index (χ1v) is 14.0. The van der Waals surface area contributed by atoms with Crippen molar-refractivity contribution in [3.8, 4) is 11.5 Å². The Labute approximate surface area is 231 Å². The minimum absolute atomic E-state index is 0.106. The Kier molecular flexibility index (Phi) is 10.0. The summed E-state index contributed by atoms with van der Waals surface area (Å²) in [5, 5.41) is 11.4. The van der Waals surface area contributed by atoms with Crippen molar-refractivity contribution in [3.05, 3.63) is 64.7 Å². The van der Waals surface area contributed by atoms with E-state index < -0.39 is 17.7 Å². The molecule has 2 fully saturated rings. The SMILES string of the molecule is CCCCOc1ccc(C2/C(=C(\O)c3ccc(OCC)c(C)c3)C(=O)C(=O)N2CCCN2CCOCC2)cc1. The molecule has 1 amide bonds. The number of rotatable bonds is 12. The van der Waals surface area contributed by atoms with Gasteiger partial charge in [-0.15, -0.1) is 0 Å². The van der Waals surface area contributed by atoms with Gasteiger partial charge in [-0.05, 0) is 68.1 Å². The van der Waals surface area contributed by atoms with E-state index in [2.05, 4.69) is 11.8 Å². The lowest BCUT2D eigenvalue weighted by Gasteiger charge is -2.29. The van der Waals surface area contributed by atoms with Crippen molar-refractivity contribution in [2.24, 2.45) is 0 Å². The van der Waals surface area contributed by atoms with Crippen LogP contribution in [0.25, 0.3) is 5.76 Å². The largest absolute Gasteiger partial charge is 0.507 e. The number of likely N-dealkylation sites (tertiary alicyclic amines) is 1. The quantitative estimate of drug-likeness (QED) is 0.182. The average molecular weight is 537 g/mol. The molecule has 4 rings (SSSR count). The summed E-state index contributed by atoms with van der Waals surface area (Å²) in [5.41, 5.74) is 2.18. The van der Waals surface area contributed by atoms with Crippen LogP contribution in [-0.4, -0.2) is 79.2 Å². The van der Waals surface area contributed by atoms with Crippen molar-refractivity contribution in [2.75, 3.05) is 52.6 Å². The second kappa shape index (κ2) is 13.6. The molecular weight excluding hydrogens is 496 g/mol. The molecule has 2 aliphatic rings. The molecule has 2 aromatic rings. The maximum absolute atomic E-state index is 13.4. The van der Waals surface area contributed by atoms with E-state index in [1.807, 2.05) is 38.1 Å². The van der Waals surface area contributed by atoms with Crippen molar-refractivity contribution in [1.29, 1.82) is 0 Å². The first-order chi connectivity index (χ1) is 18.9. The molecule has 0 aliphatic carbocycles. The van der Waals surface area contributed by atoms with Crippen molar-refractivity contribution >= 4 is 17.4 Å². The van der Waals surface area contributed by atoms with Crippen molar-refractivity contribution in [3.63, 3.8) is 0 Å². The topological polar surface area (TPSA) is 88.5 Å². The van der Waals surface area contributed by atoms with Crippen LogP contribution in [0.3, 0.4) is 0 Å². The monoisotopic (exact) mass is 536 g/mol. The molecular formula is C31H40N2O6. The number of unbranched alkanes of at least 4 members (excludes halogenated alkanes) is 1. The summed E-state index contributed by atoms with van der Waals surface area (Å²) in [7, 11) is 0. The molecule has 2 aromatic carbocycles. The smallest absolute Gasteiger partial charge is 0.295 e. The Balaban J connectivity index is 1.65. The summed E-state index contributed by atoms with van der Waals surface area (Å²) < 4.78 is 16.9. The molecule has 0 spiro atoms. The first-order valence-electron chi connectivity index (χ1n) is 14.0. The Morgan fingerprint density at radius 2 is 1.74 bits per heavy atom. The zero-order valence-electron chi connectivity index (χ0n) is 23.3. The third-order valence-electron chi connectivity index (χ3n) is 7.23. The molecule has 1 atom stereocenters. The summed E-state index contributed by atoms with van der Waals surface area (Å²) in [4.78, 5) is 30.6. The fraction of sp³-hybridized carbons (Fsp3) is 0.484. The predicted octanol–water partition coefficient (Wildman–Crippen LogP) is 4.72. The Hall–Kier alpha value is -3.36. The van der Waals surface area contributed by atoms with Gasteiger partial charge in [0.05, 0.1) is 38.0 Å². The van der Waals surface area contributed by atoms with Crippen LogP contribution >= 0.6 is 0 Å². The van der Waals surface area contributed by atoms with E-state index in [1.165, 1.54) is 0 Å². The van der Waals surface area contributed by atoms with Gasteiger partial charge in [-0.2, -0.15) is 0 Å². The number of nitrogens with zero attached hydrogens (tertiary/aromatic N) is 2. The van der Waals surface area contributed by atoms with E-state index in [1.54, 1.807) is 23.1 Å². The second-order valence-corrected chi connectivity index (χ2v) is 9.98. The number of hydrogen-bond acceptors (Lipinski definition) is 7. The normalized spacial score (nSPS) is 19.5. The standard InChI is InChI=1S/C31H40N2O6/c1-4-6-18-39-25-11-8-23(9-12-25)28-27(29(34)24-10-13-26(38-5-2)22(3)21-24)30(35)31(36)33(28)15-7-14-32-16-19-37-20-17-32/h8-13,21,28,34H,4-7,14-20H2,1-3H3/b29-27+. The number of ketones is 1. The Morgan fingerprint density at radius 3 is 2.41 bits per heavy atom. The number of amides is 1. The number of Topliss-reactive ketones (excluding diaryl/α,β-unsaturated/α-hetero) is 1. The van der Waals surface area contributed by atoms with Gasteiger partial charge in [0.15, 0.2) is 0 Å². The van der Waals surface area contributed by atoms with Crippen LogP contribution in [0, 0.1) is 6.92 Å². The van der Waals surface area contributed by atoms with E-state index in [4.69, 9.17) is 14.2 Å². The molecule has 39 heavy (non-hydrogen) atoms. The maximum Gasteiger partial charge on any atom is 0.295 e. The molecule has 1 unspecified atom stereocenters. The Bertz CT molecular complexity index is 1170. The van der Waals surface area contributed by atoms with Crippen LogP contribution in [0.4, 0.5) is 0 Å². The lowest BCUT2D eigenvalue weighted by molar-refractivity contribution is -0.140. The molecule has 8 nitrogen and oxygen atoms in total. The number of carbonyl (C=O) groups is 2. The highest BCUT2D eigenvalue weighted by Gasteiger charge is 2.45. The average Bonchev–Trinajstić information content (AvgIpc) is 3.20. The van der Waals surface area contributed by atoms with Crippen molar-refractivity contribution in [2.45, 2.75) is 46.1 Å². The zero-order chi connectivity index (χ0) is 27.8. The van der Waals surface area contributed by atoms with Crippen LogP contribution in [-0.2, 0) is 14.3 Å². The lowest BCUT2D eigenvalue weighted by Crippen LogP contribution is -2.38. The van der Waals surface area contributed by atoms with Gasteiger partial charge in [0.1, 0.15) is 17.3 Å². The number of hydrogen-bond donors (Lipinski definition) is 1. The number of ether oxygens (including phenoxy) is 3. The van der Waals surface area contributed by atoms with Crippen LogP contribution in [0.5, 0.6) is 11.5 Å². The highest BCUT2D eigenvalue weighted by Crippen LogP contribution is 2.40. The number of aryl methyl sites for hydroxylation is 1. The minimum Gasteiger partial charge on any atom is -0.507 e. The van der Waals surface area contributed by atoms with Crippen LogP contribution in [0.15, 0.2) is 48.0 Å². The highest BCUT2D eigenvalue weighted by atomic mass is 16.5. The first kappa shape index (κ1) is 28.6. The van der Waals surface area contributed by atoms with Crippen LogP contribution < -0.4 is 9.47 Å². The van der Waals surface area contributed by atoms with E-state index >= 15 is 0 Å². The number of morpholine rings is 1. The number of carbonyl (C=O) groups excluding carboxylic acids is 2. The summed E-state index contributed by atoms with van der Waals surface area (Å²) in [6.45, 7) is 11.4. The molecule has 2 aliphatic heterocycles. The summed E-state index contributed by atoms with van der Waals surface area (Å²) in [6, 6.07) is 12.1. The summed E-state index contributed by atoms with van der Waals surface area (Å²) in [5.74, 6) is 0.0167. The van der Waals surface area contributed by atoms with Gasteiger partial charge in [0, 0.05) is 31.7 Å². The van der Waals surface area contributed by atoms with E-state index in [9.17, 15) is 14.7 Å². The van der Waals surface area contributed by atoms with E-state index in [0.717, 1.165) is 49.4 Å². The van der Waals surface area contributed by atoms with Crippen molar-refractivity contribution in [1.82, 2.24) is 9.80 Å². The molecule has 0 radical (unpaired) electrons. The number of benzene rings is 2. The van der Waals surface area contributed by atoms with Gasteiger partial charge in [0.25, 0.3) is 11.7 Å². The third kappa shape index (κ3) is 6.81. The number of aliphatic hydroxyl groups is 1. The molecule has 0 aromatic heterocycles. The van der Waals surface area contributed by atoms with E-state index in [0.29, 0.717) is 50.7 Å². The van der Waals surface area contributed by atoms with Gasteiger partial charge in [-0.3, -0.25) is 14.5 Å². The number of aliphatic hydroxyl groups excluding tert-OH is 1. The minimum atomic E-state index is -0.689. The second-order valence-electron chi connectivity index (χ2n) is 9.98. The molecule has 210 valence electrons. The van der Waals surface area contributed by atoms with Gasteiger partial charge >= 0.3 is 0 Å². The lowest BCUT2D eigenvalue weighted by atomic mass is 9.94. The predicted molar refractivity (Wildman–Crippen MR) is 150 cm³/mol. The molecule has 1 N–H and O–H groups in total. The van der Waals surface area contributed by atoms with Gasteiger partial charge in [0.2, 0.25) is 0 Å². The van der Waals surface area contributed by atoms with Crippen LogP contribution in [0.1, 0.15) is 55.8 Å².